The molecule has 0 spiro atoms. The van der Waals surface area contributed by atoms with Crippen molar-refractivity contribution in [1.29, 1.82) is 0 Å². The van der Waals surface area contributed by atoms with Crippen LogP contribution in [-0.2, 0) is 0 Å². The maximum absolute atomic E-state index is 9.97. The van der Waals surface area contributed by atoms with Crippen LogP contribution in [0.4, 0.5) is 5.69 Å². The zero-order chi connectivity index (χ0) is 22.0. The summed E-state index contributed by atoms with van der Waals surface area (Å²) in [6, 6.07) is 12.6. The SMILES string of the molecule is CCCC[P+](CCCC)(CCCC)c1ccccc1C=Nc1cc(Br)c(O)c(Br)c1.[Br-]. The topological polar surface area (TPSA) is 32.6 Å². The number of nitrogens with zero attached hydrogens (tertiary/aromatic N) is 1. The first kappa shape index (κ1) is 28.8. The molecule has 6 heteroatoms. The van der Waals surface area contributed by atoms with E-state index >= 15 is 0 Å². The molecule has 2 rings (SSSR count). The molecule has 2 aromatic carbocycles. The van der Waals surface area contributed by atoms with Crippen molar-refractivity contribution in [1.82, 2.24) is 0 Å². The molecule has 0 heterocycles. The largest absolute Gasteiger partial charge is 1.00 e. The second-order valence-electron chi connectivity index (χ2n) is 7.95. The smallest absolute Gasteiger partial charge is 0.144 e. The van der Waals surface area contributed by atoms with Gasteiger partial charge in [-0.3, -0.25) is 4.99 Å². The number of benzene rings is 2. The van der Waals surface area contributed by atoms with Crippen LogP contribution in [0.25, 0.3) is 0 Å². The molecule has 0 atom stereocenters. The predicted octanol–water partition coefficient (Wildman–Crippen LogP) is 5.72. The van der Waals surface area contributed by atoms with Crippen molar-refractivity contribution in [2.75, 3.05) is 18.5 Å². The first-order valence-corrected chi connectivity index (χ1v) is 15.1. The molecule has 2 nitrogen and oxygen atoms in total. The van der Waals surface area contributed by atoms with Crippen molar-refractivity contribution < 1.29 is 22.1 Å². The monoisotopic (exact) mass is 633 g/mol. The van der Waals surface area contributed by atoms with Crippen molar-refractivity contribution >= 4 is 56.3 Å². The molecule has 2 aromatic rings. The predicted molar refractivity (Wildman–Crippen MR) is 143 cm³/mol. The molecule has 31 heavy (non-hydrogen) atoms. The minimum Gasteiger partial charge on any atom is -1.00 e. The maximum Gasteiger partial charge on any atom is 0.144 e. The van der Waals surface area contributed by atoms with Gasteiger partial charge in [-0.1, -0.05) is 52.2 Å². The summed E-state index contributed by atoms with van der Waals surface area (Å²) in [5.74, 6) is 0.206. The number of aromatic hydroxyl groups is 1. The Morgan fingerprint density at radius 2 is 1.35 bits per heavy atom. The molecule has 0 aromatic heterocycles. The number of unbranched alkanes of at least 4 members (excludes halogenated alkanes) is 3. The highest BCUT2D eigenvalue weighted by Gasteiger charge is 2.39. The van der Waals surface area contributed by atoms with Crippen LogP contribution < -0.4 is 22.3 Å². The molecule has 0 bridgehead atoms. The number of aliphatic imine (C=N–C) groups is 1. The van der Waals surface area contributed by atoms with Gasteiger partial charge in [-0.05, 0) is 75.4 Å². The molecule has 0 aliphatic rings. The van der Waals surface area contributed by atoms with Gasteiger partial charge < -0.3 is 22.1 Å². The van der Waals surface area contributed by atoms with E-state index in [4.69, 9.17) is 4.99 Å². The van der Waals surface area contributed by atoms with Gasteiger partial charge in [0.25, 0.3) is 0 Å². The van der Waals surface area contributed by atoms with Gasteiger partial charge in [-0.25, -0.2) is 0 Å². The summed E-state index contributed by atoms with van der Waals surface area (Å²) < 4.78 is 1.29. The third-order valence-corrected chi connectivity index (χ3v) is 11.8. The van der Waals surface area contributed by atoms with Crippen LogP contribution in [0, 0.1) is 0 Å². The van der Waals surface area contributed by atoms with Crippen molar-refractivity contribution in [3.63, 3.8) is 0 Å². The van der Waals surface area contributed by atoms with Crippen LogP contribution in [0.1, 0.15) is 64.9 Å². The molecule has 0 aliphatic carbocycles. The molecule has 172 valence electrons. The number of phenolic OH excluding ortho intramolecular Hbond substituents is 1. The summed E-state index contributed by atoms with van der Waals surface area (Å²) in [6.07, 6.45) is 13.8. The van der Waals surface area contributed by atoms with E-state index in [9.17, 15) is 5.11 Å². The number of hydrogen-bond donors (Lipinski definition) is 1. The zero-order valence-corrected chi connectivity index (χ0v) is 24.5. The van der Waals surface area contributed by atoms with Crippen LogP contribution in [0.2, 0.25) is 0 Å². The Morgan fingerprint density at radius 1 is 0.871 bits per heavy atom. The first-order chi connectivity index (χ1) is 14.5. The van der Waals surface area contributed by atoms with E-state index in [-0.39, 0.29) is 22.7 Å². The van der Waals surface area contributed by atoms with Gasteiger partial charge >= 0.3 is 0 Å². The minimum absolute atomic E-state index is 0. The van der Waals surface area contributed by atoms with E-state index < -0.39 is 7.26 Å². The minimum atomic E-state index is -1.23. The Hall–Kier alpha value is -0.220. The number of halogens is 3. The Bertz CT molecular complexity index is 796. The lowest BCUT2D eigenvalue weighted by Gasteiger charge is -2.29. The van der Waals surface area contributed by atoms with Crippen molar-refractivity contribution in [3.05, 3.63) is 50.9 Å². The fourth-order valence-electron chi connectivity index (χ4n) is 3.88. The van der Waals surface area contributed by atoms with E-state index in [0.717, 1.165) is 5.69 Å². The van der Waals surface area contributed by atoms with Gasteiger partial charge in [-0.15, -0.1) is 0 Å². The summed E-state index contributed by atoms with van der Waals surface area (Å²) in [5.41, 5.74) is 2.08. The quantitative estimate of drug-likeness (QED) is 0.235. The van der Waals surface area contributed by atoms with E-state index in [0.29, 0.717) is 8.95 Å². The Labute approximate surface area is 216 Å². The van der Waals surface area contributed by atoms with E-state index in [1.165, 1.54) is 62.6 Å². The summed E-state index contributed by atoms with van der Waals surface area (Å²) in [5, 5.41) is 11.5. The zero-order valence-electron chi connectivity index (χ0n) is 18.9. The van der Waals surface area contributed by atoms with Gasteiger partial charge in [0.1, 0.15) is 11.1 Å². The fraction of sp³-hybridized carbons (Fsp3) is 0.480. The summed E-state index contributed by atoms with van der Waals surface area (Å²) in [7, 11) is -1.23. The van der Waals surface area contributed by atoms with Crippen LogP contribution in [-0.4, -0.2) is 29.8 Å². The first-order valence-electron chi connectivity index (χ1n) is 11.1. The standard InChI is InChI=1S/C25H34Br2NOP.BrH/c1-4-7-14-30(15-8-5-2,16-9-6-3)24-13-11-10-12-20(24)19-28-21-17-22(26)25(29)23(27)18-21;/h10-13,17-19H,4-9,14-16H2,1-3H3;1H. The molecule has 1 N–H and O–H groups in total. The van der Waals surface area contributed by atoms with Gasteiger partial charge in [0, 0.05) is 19.0 Å². The number of rotatable bonds is 12. The van der Waals surface area contributed by atoms with E-state index in [1.54, 1.807) is 5.30 Å². The molecule has 0 saturated carbocycles. The highest BCUT2D eigenvalue weighted by atomic mass is 79.9. The lowest BCUT2D eigenvalue weighted by molar-refractivity contribution is -0.00000712. The molecule has 0 saturated heterocycles. The van der Waals surface area contributed by atoms with E-state index in [1.807, 2.05) is 18.3 Å². The second kappa shape index (κ2) is 14.8. The molecule has 0 fully saturated rings. The Morgan fingerprint density at radius 3 is 1.84 bits per heavy atom. The normalized spacial score (nSPS) is 11.6. The molecular formula is C25H35Br3NOP. The highest BCUT2D eigenvalue weighted by Crippen LogP contribution is 2.60. The van der Waals surface area contributed by atoms with Gasteiger partial charge in [0.2, 0.25) is 0 Å². The summed E-state index contributed by atoms with van der Waals surface area (Å²) in [4.78, 5) is 4.78. The van der Waals surface area contributed by atoms with Crippen LogP contribution in [0.5, 0.6) is 5.75 Å². The number of hydrogen-bond acceptors (Lipinski definition) is 2. The summed E-state index contributed by atoms with van der Waals surface area (Å²) >= 11 is 6.81. The molecular weight excluding hydrogens is 601 g/mol. The van der Waals surface area contributed by atoms with Gasteiger partial charge in [0.05, 0.1) is 33.1 Å². The third-order valence-electron chi connectivity index (χ3n) is 5.62. The average Bonchev–Trinajstić information content (AvgIpc) is 2.76. The molecule has 0 unspecified atom stereocenters. The third kappa shape index (κ3) is 8.25. The lowest BCUT2D eigenvalue weighted by atomic mass is 10.2. The Balaban J connectivity index is 0.00000480. The van der Waals surface area contributed by atoms with Gasteiger partial charge in [0.15, 0.2) is 0 Å². The molecule has 0 amide bonds. The Kier molecular flexibility index (Phi) is 13.8. The molecule has 0 aliphatic heterocycles. The molecule has 0 radical (unpaired) electrons. The second-order valence-corrected chi connectivity index (χ2v) is 13.8. The number of phenols is 1. The average molecular weight is 636 g/mol. The van der Waals surface area contributed by atoms with Crippen LogP contribution in [0.3, 0.4) is 0 Å². The summed E-state index contributed by atoms with van der Waals surface area (Å²) in [6.45, 7) is 6.92. The van der Waals surface area contributed by atoms with E-state index in [2.05, 4.69) is 76.9 Å². The fourth-order valence-corrected chi connectivity index (χ4v) is 10.3. The van der Waals surface area contributed by atoms with Crippen molar-refractivity contribution in [3.8, 4) is 5.75 Å². The van der Waals surface area contributed by atoms with Crippen LogP contribution >= 0.6 is 39.1 Å². The van der Waals surface area contributed by atoms with Crippen molar-refractivity contribution in [2.24, 2.45) is 4.99 Å². The van der Waals surface area contributed by atoms with Gasteiger partial charge in [-0.2, -0.15) is 0 Å². The highest BCUT2D eigenvalue weighted by molar-refractivity contribution is 9.11. The lowest BCUT2D eigenvalue weighted by Crippen LogP contribution is -3.00. The maximum atomic E-state index is 9.97. The van der Waals surface area contributed by atoms with Crippen LogP contribution in [0.15, 0.2) is 50.3 Å². The van der Waals surface area contributed by atoms with Crippen molar-refractivity contribution in [2.45, 2.75) is 59.3 Å².